The first-order chi connectivity index (χ1) is 11.6. The molecule has 0 bridgehead atoms. The molecule has 1 aromatic carbocycles. The van der Waals surface area contributed by atoms with Gasteiger partial charge in [-0.25, -0.2) is 0 Å². The van der Waals surface area contributed by atoms with Crippen LogP contribution in [0.2, 0.25) is 0 Å². The van der Waals surface area contributed by atoms with E-state index in [1.165, 1.54) is 49.7 Å². The molecule has 2 fully saturated rings. The summed E-state index contributed by atoms with van der Waals surface area (Å²) in [6, 6.07) is 10.6. The molecule has 2 aliphatic carbocycles. The summed E-state index contributed by atoms with van der Waals surface area (Å²) in [5.74, 6) is 0.795. The summed E-state index contributed by atoms with van der Waals surface area (Å²) >= 11 is 0. The molecular formula is C22H33NO. The molecule has 132 valence electrons. The molecular weight excluding hydrogens is 294 g/mol. The lowest BCUT2D eigenvalue weighted by molar-refractivity contribution is -0.0432. The van der Waals surface area contributed by atoms with Crippen molar-refractivity contribution in [1.82, 2.24) is 4.90 Å². The summed E-state index contributed by atoms with van der Waals surface area (Å²) in [5, 5.41) is 12.1. The zero-order chi connectivity index (χ0) is 17.0. The highest BCUT2D eigenvalue weighted by Crippen LogP contribution is 2.48. The van der Waals surface area contributed by atoms with Gasteiger partial charge in [-0.05, 0) is 63.3 Å². The summed E-state index contributed by atoms with van der Waals surface area (Å²) in [5.41, 5.74) is 1.91. The van der Waals surface area contributed by atoms with Crippen molar-refractivity contribution < 1.29 is 5.11 Å². The zero-order valence-electron chi connectivity index (χ0n) is 15.4. The van der Waals surface area contributed by atoms with Crippen molar-refractivity contribution in [2.24, 2.45) is 11.8 Å². The maximum Gasteiger partial charge on any atom is 0.0928 e. The topological polar surface area (TPSA) is 23.5 Å². The molecule has 2 atom stereocenters. The second-order valence-corrected chi connectivity index (χ2v) is 8.09. The second kappa shape index (κ2) is 7.84. The minimum absolute atomic E-state index is 0.355. The molecule has 0 spiro atoms. The first-order valence-corrected chi connectivity index (χ1v) is 9.74. The Balaban J connectivity index is 2.00. The summed E-state index contributed by atoms with van der Waals surface area (Å²) in [7, 11) is 4.28. The summed E-state index contributed by atoms with van der Waals surface area (Å²) in [6.45, 7) is 0.985. The standard InChI is InChI=1S/C22H33NO/c1-23(2)17-21-15-9-8-14-20(16-18-10-4-3-5-11-18)22(21,24)19-12-6-7-13-19/h3-5,10-11,16,19,21,24H,6-9,12-15,17H2,1-2H3/b20-16-. The van der Waals surface area contributed by atoms with E-state index in [9.17, 15) is 5.11 Å². The van der Waals surface area contributed by atoms with E-state index in [0.29, 0.717) is 11.8 Å². The van der Waals surface area contributed by atoms with E-state index >= 15 is 0 Å². The lowest BCUT2D eigenvalue weighted by atomic mass is 9.69. The summed E-state index contributed by atoms with van der Waals surface area (Å²) in [4.78, 5) is 2.26. The van der Waals surface area contributed by atoms with Crippen molar-refractivity contribution in [2.45, 2.75) is 57.0 Å². The minimum Gasteiger partial charge on any atom is -0.385 e. The van der Waals surface area contributed by atoms with E-state index in [0.717, 1.165) is 19.4 Å². The van der Waals surface area contributed by atoms with Crippen LogP contribution in [-0.4, -0.2) is 36.2 Å². The molecule has 0 saturated heterocycles. The average molecular weight is 328 g/mol. The Bertz CT molecular complexity index is 544. The van der Waals surface area contributed by atoms with Gasteiger partial charge in [0, 0.05) is 12.5 Å². The van der Waals surface area contributed by atoms with E-state index in [2.05, 4.69) is 55.4 Å². The van der Waals surface area contributed by atoms with Crippen LogP contribution in [0.25, 0.3) is 6.08 Å². The fraction of sp³-hybridized carbons (Fsp3) is 0.636. The van der Waals surface area contributed by atoms with E-state index in [1.807, 2.05) is 0 Å². The van der Waals surface area contributed by atoms with E-state index in [-0.39, 0.29) is 0 Å². The first kappa shape index (κ1) is 17.7. The predicted molar refractivity (Wildman–Crippen MR) is 102 cm³/mol. The Hall–Kier alpha value is -1.12. The van der Waals surface area contributed by atoms with Crippen LogP contribution in [0.1, 0.15) is 56.9 Å². The number of benzene rings is 1. The third kappa shape index (κ3) is 3.75. The highest BCUT2D eigenvalue weighted by molar-refractivity contribution is 5.55. The highest BCUT2D eigenvalue weighted by Gasteiger charge is 2.47. The lowest BCUT2D eigenvalue weighted by Crippen LogP contribution is -2.49. The Labute approximate surface area is 147 Å². The van der Waals surface area contributed by atoms with Crippen LogP contribution >= 0.6 is 0 Å². The molecule has 3 rings (SSSR count). The largest absolute Gasteiger partial charge is 0.385 e. The second-order valence-electron chi connectivity index (χ2n) is 8.09. The Morgan fingerprint density at radius 2 is 1.71 bits per heavy atom. The number of hydrogen-bond acceptors (Lipinski definition) is 2. The molecule has 1 N–H and O–H groups in total. The minimum atomic E-state index is -0.618. The Morgan fingerprint density at radius 1 is 1.04 bits per heavy atom. The molecule has 0 amide bonds. The monoisotopic (exact) mass is 327 g/mol. The van der Waals surface area contributed by atoms with Gasteiger partial charge in [0.25, 0.3) is 0 Å². The van der Waals surface area contributed by atoms with Crippen molar-refractivity contribution in [3.63, 3.8) is 0 Å². The van der Waals surface area contributed by atoms with Crippen LogP contribution in [0.3, 0.4) is 0 Å². The van der Waals surface area contributed by atoms with Crippen LogP contribution in [0.15, 0.2) is 35.9 Å². The van der Waals surface area contributed by atoms with Crippen LogP contribution in [-0.2, 0) is 0 Å². The van der Waals surface area contributed by atoms with E-state index in [1.54, 1.807) is 0 Å². The van der Waals surface area contributed by atoms with Gasteiger partial charge in [-0.1, -0.05) is 55.7 Å². The molecule has 1 aromatic rings. The summed E-state index contributed by atoms with van der Waals surface area (Å²) < 4.78 is 0. The molecule has 0 radical (unpaired) electrons. The van der Waals surface area contributed by atoms with Gasteiger partial charge in [0.2, 0.25) is 0 Å². The molecule has 2 saturated carbocycles. The third-order valence-electron chi connectivity index (χ3n) is 6.09. The maximum absolute atomic E-state index is 12.1. The molecule has 2 unspecified atom stereocenters. The van der Waals surface area contributed by atoms with Crippen molar-refractivity contribution in [2.75, 3.05) is 20.6 Å². The Kier molecular flexibility index (Phi) is 5.78. The molecule has 0 aliphatic heterocycles. The molecule has 24 heavy (non-hydrogen) atoms. The normalized spacial score (nSPS) is 30.8. The number of hydrogen-bond donors (Lipinski definition) is 1. The predicted octanol–water partition coefficient (Wildman–Crippen LogP) is 4.74. The maximum atomic E-state index is 12.1. The molecule has 0 aromatic heterocycles. The van der Waals surface area contributed by atoms with Crippen LogP contribution in [0, 0.1) is 11.8 Å². The van der Waals surface area contributed by atoms with Crippen molar-refractivity contribution in [3.8, 4) is 0 Å². The summed E-state index contributed by atoms with van der Waals surface area (Å²) in [6.07, 6.45) is 11.9. The number of nitrogens with zero attached hydrogens (tertiary/aromatic N) is 1. The number of aliphatic hydroxyl groups is 1. The lowest BCUT2D eigenvalue weighted by Gasteiger charge is -2.43. The SMILES string of the molecule is CN(C)CC1CCCC/C(=C/c2ccccc2)C1(O)C1CCCC1. The van der Waals surface area contributed by atoms with Crippen LogP contribution < -0.4 is 0 Å². The third-order valence-corrected chi connectivity index (χ3v) is 6.09. The smallest absolute Gasteiger partial charge is 0.0928 e. The quantitative estimate of drug-likeness (QED) is 0.807. The van der Waals surface area contributed by atoms with Crippen LogP contribution in [0.4, 0.5) is 0 Å². The molecule has 2 aliphatic rings. The van der Waals surface area contributed by atoms with Crippen molar-refractivity contribution in [1.29, 1.82) is 0 Å². The van der Waals surface area contributed by atoms with Crippen LogP contribution in [0.5, 0.6) is 0 Å². The van der Waals surface area contributed by atoms with Gasteiger partial charge in [0.05, 0.1) is 5.60 Å². The first-order valence-electron chi connectivity index (χ1n) is 9.74. The fourth-order valence-corrected chi connectivity index (χ4v) is 4.96. The molecule has 2 heteroatoms. The van der Waals surface area contributed by atoms with Crippen molar-refractivity contribution in [3.05, 3.63) is 41.5 Å². The average Bonchev–Trinajstić information content (AvgIpc) is 3.07. The van der Waals surface area contributed by atoms with Gasteiger partial charge in [0.15, 0.2) is 0 Å². The van der Waals surface area contributed by atoms with Crippen molar-refractivity contribution >= 4 is 6.08 Å². The van der Waals surface area contributed by atoms with Gasteiger partial charge in [-0.15, -0.1) is 0 Å². The Morgan fingerprint density at radius 3 is 2.38 bits per heavy atom. The van der Waals surface area contributed by atoms with Gasteiger partial charge in [-0.2, -0.15) is 0 Å². The van der Waals surface area contributed by atoms with Gasteiger partial charge >= 0.3 is 0 Å². The fourth-order valence-electron chi connectivity index (χ4n) is 4.96. The highest BCUT2D eigenvalue weighted by atomic mass is 16.3. The van der Waals surface area contributed by atoms with E-state index < -0.39 is 5.60 Å². The van der Waals surface area contributed by atoms with Gasteiger partial charge < -0.3 is 10.0 Å². The van der Waals surface area contributed by atoms with Gasteiger partial charge in [0.1, 0.15) is 0 Å². The number of rotatable bonds is 4. The van der Waals surface area contributed by atoms with Gasteiger partial charge in [-0.3, -0.25) is 0 Å². The van der Waals surface area contributed by atoms with E-state index in [4.69, 9.17) is 0 Å². The zero-order valence-corrected chi connectivity index (χ0v) is 15.4. The molecule has 0 heterocycles. The molecule has 2 nitrogen and oxygen atoms in total.